The van der Waals surface area contributed by atoms with E-state index in [2.05, 4.69) is 5.32 Å². The van der Waals surface area contributed by atoms with E-state index in [0.29, 0.717) is 12.1 Å². The second-order valence-corrected chi connectivity index (χ2v) is 9.94. The molecule has 1 atom stereocenters. The van der Waals surface area contributed by atoms with Crippen molar-refractivity contribution < 1.29 is 18.0 Å². The minimum Gasteiger partial charge on any atom is -0.357 e. The largest absolute Gasteiger partial charge is 0.357 e. The quantitative estimate of drug-likeness (QED) is 0.625. The summed E-state index contributed by atoms with van der Waals surface area (Å²) in [7, 11) is -2.21. The van der Waals surface area contributed by atoms with Crippen molar-refractivity contribution in [1.82, 2.24) is 10.2 Å². The fourth-order valence-corrected chi connectivity index (χ4v) is 4.48. The minimum absolute atomic E-state index is 0.204. The highest BCUT2D eigenvalue weighted by Crippen LogP contribution is 2.25. The molecule has 7 nitrogen and oxygen atoms in total. The predicted molar refractivity (Wildman–Crippen MR) is 128 cm³/mol. The molecule has 0 aliphatic carbocycles. The maximum Gasteiger partial charge on any atom is 0.244 e. The van der Waals surface area contributed by atoms with E-state index in [-0.39, 0.29) is 19.0 Å². The molecule has 0 saturated heterocycles. The average Bonchev–Trinajstić information content (AvgIpc) is 2.74. The Morgan fingerprint density at radius 3 is 2.19 bits per heavy atom. The van der Waals surface area contributed by atoms with E-state index in [1.165, 1.54) is 11.9 Å². The molecule has 174 valence electrons. The van der Waals surface area contributed by atoms with Gasteiger partial charge in [-0.15, -0.1) is 0 Å². The van der Waals surface area contributed by atoms with Gasteiger partial charge < -0.3 is 10.2 Å². The van der Waals surface area contributed by atoms with Crippen LogP contribution in [0.25, 0.3) is 0 Å². The number of carbonyl (C=O) groups excluding carboxylic acids is 2. The standard InChI is InChI=1S/C24H33N3O4S/c1-7-21(24(29)25-5)26(15-20-13-11-17(2)12-14-20)23(28)16-27(32(6,30)31)22-10-8-9-18(3)19(22)4/h8-14,21H,7,15-16H2,1-6H3,(H,25,29). The molecule has 0 spiro atoms. The third-order valence-corrected chi connectivity index (χ3v) is 6.76. The number of carbonyl (C=O) groups is 2. The highest BCUT2D eigenvalue weighted by Gasteiger charge is 2.31. The van der Waals surface area contributed by atoms with Crippen LogP contribution in [0.1, 0.15) is 35.6 Å². The molecular weight excluding hydrogens is 426 g/mol. The fourth-order valence-electron chi connectivity index (χ4n) is 3.58. The monoisotopic (exact) mass is 459 g/mol. The van der Waals surface area contributed by atoms with Gasteiger partial charge in [0.25, 0.3) is 0 Å². The van der Waals surface area contributed by atoms with E-state index in [1.807, 2.05) is 58.0 Å². The number of nitrogens with zero attached hydrogens (tertiary/aromatic N) is 2. The van der Waals surface area contributed by atoms with Crippen LogP contribution in [0.15, 0.2) is 42.5 Å². The molecule has 0 aliphatic rings. The Morgan fingerprint density at radius 1 is 1.03 bits per heavy atom. The third-order valence-electron chi connectivity index (χ3n) is 5.63. The number of likely N-dealkylation sites (N-methyl/N-ethyl adjacent to an activating group) is 1. The van der Waals surface area contributed by atoms with E-state index in [0.717, 1.165) is 32.8 Å². The van der Waals surface area contributed by atoms with Crippen molar-refractivity contribution in [2.75, 3.05) is 24.2 Å². The normalized spacial score (nSPS) is 12.2. The lowest BCUT2D eigenvalue weighted by molar-refractivity contribution is -0.140. The van der Waals surface area contributed by atoms with Crippen LogP contribution in [0.5, 0.6) is 0 Å². The first-order chi connectivity index (χ1) is 15.0. The molecule has 2 aromatic carbocycles. The highest BCUT2D eigenvalue weighted by atomic mass is 32.2. The summed E-state index contributed by atoms with van der Waals surface area (Å²) in [4.78, 5) is 27.5. The van der Waals surface area contributed by atoms with E-state index < -0.39 is 22.0 Å². The van der Waals surface area contributed by atoms with Crippen LogP contribution in [-0.4, -0.2) is 51.0 Å². The molecule has 0 bridgehead atoms. The number of amides is 2. The minimum atomic E-state index is -3.74. The van der Waals surface area contributed by atoms with Gasteiger partial charge >= 0.3 is 0 Å². The maximum absolute atomic E-state index is 13.5. The van der Waals surface area contributed by atoms with E-state index >= 15 is 0 Å². The maximum atomic E-state index is 13.5. The van der Waals surface area contributed by atoms with Gasteiger partial charge in [0.1, 0.15) is 12.6 Å². The van der Waals surface area contributed by atoms with Gasteiger partial charge in [-0.2, -0.15) is 0 Å². The summed E-state index contributed by atoms with van der Waals surface area (Å²) in [6.45, 7) is 7.34. The molecule has 0 aliphatic heterocycles. The van der Waals surface area contributed by atoms with E-state index in [1.54, 1.807) is 12.1 Å². The van der Waals surface area contributed by atoms with E-state index in [4.69, 9.17) is 0 Å². The van der Waals surface area contributed by atoms with Crippen LogP contribution in [0.2, 0.25) is 0 Å². The summed E-state index contributed by atoms with van der Waals surface area (Å²) < 4.78 is 26.4. The number of hydrogen-bond donors (Lipinski definition) is 1. The molecule has 8 heteroatoms. The zero-order chi connectivity index (χ0) is 24.1. The molecule has 0 heterocycles. The third kappa shape index (κ3) is 6.09. The second kappa shape index (κ2) is 10.6. The lowest BCUT2D eigenvalue weighted by Gasteiger charge is -2.33. The summed E-state index contributed by atoms with van der Waals surface area (Å²) in [6, 6.07) is 12.3. The molecule has 2 aromatic rings. The van der Waals surface area contributed by atoms with Crippen molar-refractivity contribution in [3.05, 3.63) is 64.7 Å². The van der Waals surface area contributed by atoms with Gasteiger partial charge in [-0.1, -0.05) is 48.9 Å². The lowest BCUT2D eigenvalue weighted by atomic mass is 10.1. The predicted octanol–water partition coefficient (Wildman–Crippen LogP) is 2.93. The van der Waals surface area contributed by atoms with Gasteiger partial charge in [-0.05, 0) is 49.9 Å². The summed E-state index contributed by atoms with van der Waals surface area (Å²) >= 11 is 0. The topological polar surface area (TPSA) is 86.8 Å². The average molecular weight is 460 g/mol. The molecule has 0 aromatic heterocycles. The molecule has 1 N–H and O–H groups in total. The molecule has 0 saturated carbocycles. The summed E-state index contributed by atoms with van der Waals surface area (Å²) in [5.41, 5.74) is 4.13. The number of sulfonamides is 1. The van der Waals surface area contributed by atoms with Gasteiger partial charge in [0, 0.05) is 13.6 Å². The molecular formula is C24H33N3O4S. The van der Waals surface area contributed by atoms with Crippen LogP contribution in [0.4, 0.5) is 5.69 Å². The van der Waals surface area contributed by atoms with Crippen LogP contribution in [0.3, 0.4) is 0 Å². The van der Waals surface area contributed by atoms with Crippen LogP contribution < -0.4 is 9.62 Å². The van der Waals surface area contributed by atoms with Crippen molar-refractivity contribution in [3.8, 4) is 0 Å². The highest BCUT2D eigenvalue weighted by molar-refractivity contribution is 7.92. The SMILES string of the molecule is CCC(C(=O)NC)N(Cc1ccc(C)cc1)C(=O)CN(c1cccc(C)c1C)S(C)(=O)=O. The number of nitrogens with one attached hydrogen (secondary N) is 1. The summed E-state index contributed by atoms with van der Waals surface area (Å²) in [5, 5.41) is 2.61. The Balaban J connectivity index is 2.46. The van der Waals surface area contributed by atoms with Gasteiger partial charge in [0.2, 0.25) is 21.8 Å². The van der Waals surface area contributed by atoms with Gasteiger partial charge in [-0.3, -0.25) is 13.9 Å². The smallest absolute Gasteiger partial charge is 0.244 e. The Labute approximate surface area is 191 Å². The zero-order valence-corrected chi connectivity index (χ0v) is 20.5. The number of aryl methyl sites for hydroxylation is 2. The zero-order valence-electron chi connectivity index (χ0n) is 19.7. The number of anilines is 1. The van der Waals surface area contributed by atoms with Crippen molar-refractivity contribution in [2.45, 2.75) is 46.7 Å². The van der Waals surface area contributed by atoms with Gasteiger partial charge in [-0.25, -0.2) is 8.42 Å². The lowest BCUT2D eigenvalue weighted by Crippen LogP contribution is -2.51. The fraction of sp³-hybridized carbons (Fsp3) is 0.417. The van der Waals surface area contributed by atoms with Crippen LogP contribution in [-0.2, 0) is 26.2 Å². The number of rotatable bonds is 9. The first-order valence-electron chi connectivity index (χ1n) is 10.6. The summed E-state index contributed by atoms with van der Waals surface area (Å²) in [5.74, 6) is -0.724. The number of hydrogen-bond acceptors (Lipinski definition) is 4. The first-order valence-corrected chi connectivity index (χ1v) is 12.4. The molecule has 2 amide bonds. The van der Waals surface area contributed by atoms with Crippen molar-refractivity contribution >= 4 is 27.5 Å². The Hall–Kier alpha value is -2.87. The second-order valence-electron chi connectivity index (χ2n) is 8.03. The first kappa shape index (κ1) is 25.4. The van der Waals surface area contributed by atoms with Gasteiger partial charge in [0.05, 0.1) is 11.9 Å². The molecule has 2 rings (SSSR count). The number of benzene rings is 2. The van der Waals surface area contributed by atoms with Crippen LogP contribution >= 0.6 is 0 Å². The van der Waals surface area contributed by atoms with Crippen molar-refractivity contribution in [1.29, 1.82) is 0 Å². The molecule has 0 fully saturated rings. The van der Waals surface area contributed by atoms with Crippen molar-refractivity contribution in [3.63, 3.8) is 0 Å². The van der Waals surface area contributed by atoms with Crippen LogP contribution in [0, 0.1) is 20.8 Å². The Kier molecular flexibility index (Phi) is 8.44. The van der Waals surface area contributed by atoms with Gasteiger partial charge in [0.15, 0.2) is 0 Å². The van der Waals surface area contributed by atoms with E-state index in [9.17, 15) is 18.0 Å². The summed E-state index contributed by atoms with van der Waals surface area (Å²) in [6.07, 6.45) is 1.49. The molecule has 1 unspecified atom stereocenters. The van der Waals surface area contributed by atoms with Crippen molar-refractivity contribution in [2.24, 2.45) is 0 Å². The Bertz CT molecular complexity index is 1070. The molecule has 0 radical (unpaired) electrons. The Morgan fingerprint density at radius 2 is 1.66 bits per heavy atom. The molecule has 32 heavy (non-hydrogen) atoms.